The number of amides is 2. The Balaban J connectivity index is 1.69. The van der Waals surface area contributed by atoms with E-state index in [-0.39, 0.29) is 29.7 Å². The van der Waals surface area contributed by atoms with Crippen LogP contribution in [-0.4, -0.2) is 42.7 Å². The first-order valence-corrected chi connectivity index (χ1v) is 11.0. The third-order valence-electron chi connectivity index (χ3n) is 4.48. The number of pyridine rings is 1. The highest BCUT2D eigenvalue weighted by Crippen LogP contribution is 2.19. The number of anilines is 1. The van der Waals surface area contributed by atoms with Gasteiger partial charge in [-0.3, -0.25) is 9.59 Å². The number of methoxy groups -OCH3 is 2. The van der Waals surface area contributed by atoms with Crippen LogP contribution in [0.2, 0.25) is 0 Å². The summed E-state index contributed by atoms with van der Waals surface area (Å²) in [7, 11) is 2.80. The fourth-order valence-corrected chi connectivity index (χ4v) is 3.58. The smallest absolute Gasteiger partial charge is 0.337 e. The summed E-state index contributed by atoms with van der Waals surface area (Å²) >= 11 is 1.32. The molecule has 1 aromatic heterocycles. The minimum absolute atomic E-state index is 0.175. The van der Waals surface area contributed by atoms with Crippen LogP contribution in [-0.2, 0) is 16.1 Å². The van der Waals surface area contributed by atoms with Crippen molar-refractivity contribution in [3.63, 3.8) is 0 Å². The predicted octanol–water partition coefficient (Wildman–Crippen LogP) is 3.54. The molecule has 0 aliphatic carbocycles. The van der Waals surface area contributed by atoms with Crippen molar-refractivity contribution in [2.45, 2.75) is 11.6 Å². The molecule has 0 atom stereocenters. The number of thioether (sulfide) groups is 1. The van der Waals surface area contributed by atoms with Gasteiger partial charge in [-0.15, -0.1) is 0 Å². The van der Waals surface area contributed by atoms with E-state index in [4.69, 9.17) is 9.47 Å². The quantitative estimate of drug-likeness (QED) is 0.368. The number of aromatic nitrogens is 1. The Morgan fingerprint density at radius 1 is 0.970 bits per heavy atom. The molecule has 0 saturated heterocycles. The van der Waals surface area contributed by atoms with Crippen molar-refractivity contribution < 1.29 is 23.9 Å². The van der Waals surface area contributed by atoms with Crippen LogP contribution in [0.4, 0.5) is 5.69 Å². The summed E-state index contributed by atoms with van der Waals surface area (Å²) in [6.45, 7) is 0.175. The van der Waals surface area contributed by atoms with Gasteiger partial charge in [0.25, 0.3) is 5.91 Å². The molecule has 0 spiro atoms. The molecule has 0 aliphatic heterocycles. The number of nitrogens with one attached hydrogen (secondary N) is 2. The van der Waals surface area contributed by atoms with Crippen LogP contribution in [0.3, 0.4) is 0 Å². The van der Waals surface area contributed by atoms with Gasteiger partial charge in [0.05, 0.1) is 30.6 Å². The number of hydrogen-bond donors (Lipinski definition) is 2. The zero-order chi connectivity index (χ0) is 23.6. The van der Waals surface area contributed by atoms with E-state index in [9.17, 15) is 14.4 Å². The number of carbonyl (C=O) groups excluding carboxylic acids is 3. The molecule has 2 N–H and O–H groups in total. The third kappa shape index (κ3) is 7.08. The van der Waals surface area contributed by atoms with E-state index in [2.05, 4.69) is 15.6 Å². The minimum atomic E-state index is -0.550. The molecular formula is C24H23N3O5S. The Morgan fingerprint density at radius 2 is 1.82 bits per heavy atom. The summed E-state index contributed by atoms with van der Waals surface area (Å²) in [5.74, 6) is -0.342. The SMILES string of the molecule is COC(=O)c1cc(CNC(=O)CSc2ccccn2)cc(NC(=O)c2cccc(OC)c2)c1. The van der Waals surface area contributed by atoms with E-state index in [0.29, 0.717) is 22.6 Å². The standard InChI is InChI=1S/C24H23N3O5S/c1-31-20-7-5-6-17(13-20)23(29)27-19-11-16(10-18(12-19)24(30)32-2)14-26-21(28)15-33-22-8-3-4-9-25-22/h3-13H,14-15H2,1-2H3,(H,26,28)(H,27,29). The van der Waals surface area contributed by atoms with Crippen molar-refractivity contribution >= 4 is 35.2 Å². The Kier molecular flexibility index (Phi) is 8.43. The van der Waals surface area contributed by atoms with Crippen LogP contribution in [0.25, 0.3) is 0 Å². The van der Waals surface area contributed by atoms with E-state index >= 15 is 0 Å². The van der Waals surface area contributed by atoms with Gasteiger partial charge in [-0.25, -0.2) is 9.78 Å². The van der Waals surface area contributed by atoms with Gasteiger partial charge in [0, 0.05) is 24.0 Å². The Hall–Kier alpha value is -3.85. The van der Waals surface area contributed by atoms with Crippen LogP contribution >= 0.6 is 11.8 Å². The van der Waals surface area contributed by atoms with Crippen molar-refractivity contribution in [1.29, 1.82) is 0 Å². The second kappa shape index (κ2) is 11.7. The second-order valence-corrected chi connectivity index (χ2v) is 7.83. The molecule has 9 heteroatoms. The summed E-state index contributed by atoms with van der Waals surface area (Å²) in [6.07, 6.45) is 1.67. The molecule has 0 fully saturated rings. The minimum Gasteiger partial charge on any atom is -0.497 e. The molecule has 0 bridgehead atoms. The molecule has 8 nitrogen and oxygen atoms in total. The summed E-state index contributed by atoms with van der Waals surface area (Å²) in [5.41, 5.74) is 1.69. The molecule has 170 valence electrons. The average Bonchev–Trinajstić information content (AvgIpc) is 2.86. The highest BCUT2D eigenvalue weighted by Gasteiger charge is 2.13. The number of hydrogen-bond acceptors (Lipinski definition) is 7. The van der Waals surface area contributed by atoms with Crippen LogP contribution in [0, 0.1) is 0 Å². The monoisotopic (exact) mass is 465 g/mol. The fourth-order valence-electron chi connectivity index (χ4n) is 2.89. The summed E-state index contributed by atoms with van der Waals surface area (Å²) in [6, 6.07) is 17.0. The van der Waals surface area contributed by atoms with E-state index in [0.717, 1.165) is 5.03 Å². The van der Waals surface area contributed by atoms with Crippen molar-refractivity contribution in [1.82, 2.24) is 10.3 Å². The molecule has 2 amide bonds. The molecule has 0 unspecified atom stereocenters. The average molecular weight is 466 g/mol. The lowest BCUT2D eigenvalue weighted by Crippen LogP contribution is -2.25. The molecule has 3 aromatic rings. The normalized spacial score (nSPS) is 10.2. The number of benzene rings is 2. The molecule has 0 saturated carbocycles. The van der Waals surface area contributed by atoms with Gasteiger partial charge in [-0.05, 0) is 54.1 Å². The van der Waals surface area contributed by atoms with Gasteiger partial charge < -0.3 is 20.1 Å². The molecule has 3 rings (SSSR count). The number of nitrogens with zero attached hydrogens (tertiary/aromatic N) is 1. The third-order valence-corrected chi connectivity index (χ3v) is 5.43. The maximum Gasteiger partial charge on any atom is 0.337 e. The summed E-state index contributed by atoms with van der Waals surface area (Å²) < 4.78 is 9.97. The van der Waals surface area contributed by atoms with Crippen LogP contribution in [0.1, 0.15) is 26.3 Å². The van der Waals surface area contributed by atoms with Gasteiger partial charge >= 0.3 is 5.97 Å². The van der Waals surface area contributed by atoms with Gasteiger partial charge in [0.2, 0.25) is 5.91 Å². The first kappa shape index (κ1) is 23.8. The van der Waals surface area contributed by atoms with Crippen LogP contribution < -0.4 is 15.4 Å². The van der Waals surface area contributed by atoms with Crippen molar-refractivity contribution in [2.24, 2.45) is 0 Å². The van der Waals surface area contributed by atoms with Crippen molar-refractivity contribution in [3.8, 4) is 5.75 Å². The predicted molar refractivity (Wildman–Crippen MR) is 126 cm³/mol. The highest BCUT2D eigenvalue weighted by atomic mass is 32.2. The molecule has 0 aliphatic rings. The lowest BCUT2D eigenvalue weighted by Gasteiger charge is -2.12. The van der Waals surface area contributed by atoms with Crippen molar-refractivity contribution in [3.05, 3.63) is 83.6 Å². The maximum atomic E-state index is 12.7. The Bertz CT molecular complexity index is 1140. The largest absolute Gasteiger partial charge is 0.497 e. The van der Waals surface area contributed by atoms with Gasteiger partial charge in [-0.2, -0.15) is 0 Å². The Labute approximate surface area is 195 Å². The highest BCUT2D eigenvalue weighted by molar-refractivity contribution is 7.99. The number of esters is 1. The molecular weight excluding hydrogens is 442 g/mol. The van der Waals surface area contributed by atoms with Crippen LogP contribution in [0.5, 0.6) is 5.75 Å². The topological polar surface area (TPSA) is 107 Å². The number of carbonyl (C=O) groups is 3. The van der Waals surface area contributed by atoms with E-state index in [1.54, 1.807) is 42.6 Å². The molecule has 0 radical (unpaired) electrons. The first-order valence-electron chi connectivity index (χ1n) is 9.96. The fraction of sp³-hybridized carbons (Fsp3) is 0.167. The van der Waals surface area contributed by atoms with Crippen molar-refractivity contribution in [2.75, 3.05) is 25.3 Å². The van der Waals surface area contributed by atoms with Gasteiger partial charge in [0.1, 0.15) is 5.75 Å². The number of ether oxygens (including phenoxy) is 2. The zero-order valence-corrected chi connectivity index (χ0v) is 19.0. The van der Waals surface area contributed by atoms with E-state index in [1.165, 1.54) is 32.0 Å². The number of rotatable bonds is 9. The summed E-state index contributed by atoms with van der Waals surface area (Å²) in [5, 5.41) is 6.34. The Morgan fingerprint density at radius 3 is 2.55 bits per heavy atom. The second-order valence-electron chi connectivity index (χ2n) is 6.83. The van der Waals surface area contributed by atoms with E-state index < -0.39 is 5.97 Å². The molecule has 2 aromatic carbocycles. The van der Waals surface area contributed by atoms with Gasteiger partial charge in [-0.1, -0.05) is 23.9 Å². The van der Waals surface area contributed by atoms with E-state index in [1.807, 2.05) is 18.2 Å². The lowest BCUT2D eigenvalue weighted by atomic mass is 10.1. The summed E-state index contributed by atoms with van der Waals surface area (Å²) in [4.78, 5) is 41.2. The van der Waals surface area contributed by atoms with Crippen LogP contribution in [0.15, 0.2) is 71.9 Å². The molecule has 33 heavy (non-hydrogen) atoms. The lowest BCUT2D eigenvalue weighted by molar-refractivity contribution is -0.118. The van der Waals surface area contributed by atoms with Gasteiger partial charge in [0.15, 0.2) is 0 Å². The molecule has 1 heterocycles. The zero-order valence-electron chi connectivity index (χ0n) is 18.2. The maximum absolute atomic E-state index is 12.7. The first-order chi connectivity index (χ1) is 16.0.